The monoisotopic (exact) mass is 215 g/mol. The van der Waals surface area contributed by atoms with E-state index in [1.165, 1.54) is 24.0 Å². The number of amides is 1. The third-order valence-corrected chi connectivity index (χ3v) is 3.62. The van der Waals surface area contributed by atoms with Gasteiger partial charge in [0.05, 0.1) is 0 Å². The summed E-state index contributed by atoms with van der Waals surface area (Å²) in [7, 11) is 0. The van der Waals surface area contributed by atoms with E-state index in [1.54, 1.807) is 0 Å². The molecule has 84 valence electrons. The lowest BCUT2D eigenvalue weighted by molar-refractivity contribution is 0.0766. The van der Waals surface area contributed by atoms with Gasteiger partial charge in [-0.2, -0.15) is 0 Å². The van der Waals surface area contributed by atoms with Gasteiger partial charge in [0, 0.05) is 18.2 Å². The highest BCUT2D eigenvalue weighted by Crippen LogP contribution is 2.35. The maximum absolute atomic E-state index is 12.1. The minimum absolute atomic E-state index is 0.243. The highest BCUT2D eigenvalue weighted by atomic mass is 16.2. The smallest absolute Gasteiger partial charge is 0.254 e. The molecule has 1 fully saturated rings. The van der Waals surface area contributed by atoms with E-state index in [4.69, 9.17) is 0 Å². The fourth-order valence-corrected chi connectivity index (χ4v) is 2.40. The van der Waals surface area contributed by atoms with Crippen LogP contribution in [0.15, 0.2) is 18.2 Å². The van der Waals surface area contributed by atoms with Crippen molar-refractivity contribution in [2.75, 3.05) is 0 Å². The van der Waals surface area contributed by atoms with Crippen LogP contribution >= 0.6 is 0 Å². The normalized spacial score (nSPS) is 19.4. The number of nitrogens with zero attached hydrogens (tertiary/aromatic N) is 1. The van der Waals surface area contributed by atoms with Gasteiger partial charge in [-0.15, -0.1) is 0 Å². The number of fused-ring (bicyclic) bond motifs is 1. The Morgan fingerprint density at radius 3 is 2.69 bits per heavy atom. The molecular formula is C14H17NO. The first-order valence-electron chi connectivity index (χ1n) is 6.10. The molecule has 1 aromatic carbocycles. The second-order valence-electron chi connectivity index (χ2n) is 5.24. The molecule has 0 N–H and O–H groups in total. The lowest BCUT2D eigenvalue weighted by Crippen LogP contribution is -2.25. The molecule has 2 nitrogen and oxygen atoms in total. The Bertz CT molecular complexity index is 446. The van der Waals surface area contributed by atoms with E-state index < -0.39 is 0 Å². The SMILES string of the molecule is CC(C)c1ccc2c(c1)CN(C1CC1)C2=O. The van der Waals surface area contributed by atoms with Gasteiger partial charge in [-0.1, -0.05) is 26.0 Å². The third-order valence-electron chi connectivity index (χ3n) is 3.62. The van der Waals surface area contributed by atoms with Crippen molar-refractivity contribution >= 4 is 5.91 Å². The van der Waals surface area contributed by atoms with Crippen LogP contribution in [0, 0.1) is 0 Å². The standard InChI is InChI=1S/C14H17NO/c1-9(2)10-3-6-13-11(7-10)8-15(14(13)16)12-4-5-12/h3,6-7,9,12H,4-5,8H2,1-2H3. The van der Waals surface area contributed by atoms with Gasteiger partial charge in [0.15, 0.2) is 0 Å². The first-order valence-corrected chi connectivity index (χ1v) is 6.10. The summed E-state index contributed by atoms with van der Waals surface area (Å²) in [5.74, 6) is 0.781. The van der Waals surface area contributed by atoms with E-state index >= 15 is 0 Å². The van der Waals surface area contributed by atoms with Crippen LogP contribution < -0.4 is 0 Å². The fourth-order valence-electron chi connectivity index (χ4n) is 2.40. The Hall–Kier alpha value is -1.31. The van der Waals surface area contributed by atoms with Gasteiger partial charge >= 0.3 is 0 Å². The molecule has 0 saturated heterocycles. The fraction of sp³-hybridized carbons (Fsp3) is 0.500. The number of carbonyl (C=O) groups is 1. The maximum Gasteiger partial charge on any atom is 0.254 e. The van der Waals surface area contributed by atoms with E-state index in [9.17, 15) is 4.79 Å². The van der Waals surface area contributed by atoms with Crippen LogP contribution in [0.1, 0.15) is 54.1 Å². The Morgan fingerprint density at radius 2 is 2.06 bits per heavy atom. The van der Waals surface area contributed by atoms with Gasteiger partial charge in [0.25, 0.3) is 5.91 Å². The molecule has 0 spiro atoms. The zero-order valence-electron chi connectivity index (χ0n) is 9.86. The molecule has 16 heavy (non-hydrogen) atoms. The summed E-state index contributed by atoms with van der Waals surface area (Å²) in [5.41, 5.74) is 3.49. The highest BCUT2D eigenvalue weighted by Gasteiger charge is 2.38. The summed E-state index contributed by atoms with van der Waals surface area (Å²) in [5, 5.41) is 0. The topological polar surface area (TPSA) is 20.3 Å². The second-order valence-corrected chi connectivity index (χ2v) is 5.24. The predicted octanol–water partition coefficient (Wildman–Crippen LogP) is 2.93. The Morgan fingerprint density at radius 1 is 1.31 bits per heavy atom. The van der Waals surface area contributed by atoms with Gasteiger partial charge in [0.2, 0.25) is 0 Å². The molecule has 0 aromatic heterocycles. The number of rotatable bonds is 2. The first kappa shape index (κ1) is 9.88. The molecule has 1 saturated carbocycles. The predicted molar refractivity (Wildman–Crippen MR) is 63.4 cm³/mol. The highest BCUT2D eigenvalue weighted by molar-refractivity contribution is 5.98. The average molecular weight is 215 g/mol. The molecule has 2 heteroatoms. The zero-order chi connectivity index (χ0) is 11.3. The van der Waals surface area contributed by atoms with Gasteiger partial charge in [0.1, 0.15) is 0 Å². The van der Waals surface area contributed by atoms with Crippen LogP contribution in [-0.4, -0.2) is 16.8 Å². The van der Waals surface area contributed by atoms with Crippen molar-refractivity contribution in [1.82, 2.24) is 4.90 Å². The molecule has 1 amide bonds. The molecule has 2 aliphatic rings. The van der Waals surface area contributed by atoms with Crippen LogP contribution in [0.3, 0.4) is 0 Å². The summed E-state index contributed by atoms with van der Waals surface area (Å²) >= 11 is 0. The van der Waals surface area contributed by atoms with E-state index in [1.807, 2.05) is 11.0 Å². The minimum Gasteiger partial charge on any atom is -0.331 e. The summed E-state index contributed by atoms with van der Waals surface area (Å²) in [6.45, 7) is 5.22. The van der Waals surface area contributed by atoms with Crippen molar-refractivity contribution in [3.8, 4) is 0 Å². The molecule has 0 bridgehead atoms. The summed E-state index contributed by atoms with van der Waals surface area (Å²) < 4.78 is 0. The van der Waals surface area contributed by atoms with Crippen molar-refractivity contribution in [1.29, 1.82) is 0 Å². The largest absolute Gasteiger partial charge is 0.331 e. The summed E-state index contributed by atoms with van der Waals surface area (Å²) in [6, 6.07) is 6.84. The van der Waals surface area contributed by atoms with E-state index in [0.29, 0.717) is 12.0 Å². The van der Waals surface area contributed by atoms with Crippen molar-refractivity contribution in [3.05, 3.63) is 34.9 Å². The molecule has 0 radical (unpaired) electrons. The van der Waals surface area contributed by atoms with E-state index in [0.717, 1.165) is 12.1 Å². The second kappa shape index (κ2) is 3.34. The molecule has 0 unspecified atom stereocenters. The van der Waals surface area contributed by atoms with Crippen LogP contribution in [0.2, 0.25) is 0 Å². The lowest BCUT2D eigenvalue weighted by atomic mass is 9.98. The number of hydrogen-bond acceptors (Lipinski definition) is 1. The molecule has 1 aliphatic carbocycles. The van der Waals surface area contributed by atoms with Crippen molar-refractivity contribution < 1.29 is 4.79 Å². The first-order chi connectivity index (χ1) is 7.66. The van der Waals surface area contributed by atoms with Crippen molar-refractivity contribution in [2.24, 2.45) is 0 Å². The maximum atomic E-state index is 12.1. The van der Waals surface area contributed by atoms with Gasteiger partial charge in [-0.25, -0.2) is 0 Å². The zero-order valence-corrected chi connectivity index (χ0v) is 9.86. The summed E-state index contributed by atoms with van der Waals surface area (Å²) in [6.07, 6.45) is 2.38. The van der Waals surface area contributed by atoms with Crippen LogP contribution in [0.5, 0.6) is 0 Å². The van der Waals surface area contributed by atoms with Crippen molar-refractivity contribution in [2.45, 2.75) is 45.2 Å². The van der Waals surface area contributed by atoms with Crippen molar-refractivity contribution in [3.63, 3.8) is 0 Å². The molecule has 1 aliphatic heterocycles. The quantitative estimate of drug-likeness (QED) is 0.742. The average Bonchev–Trinajstić information content (AvgIpc) is 3.04. The van der Waals surface area contributed by atoms with Gasteiger partial charge < -0.3 is 4.90 Å². The molecule has 3 rings (SSSR count). The number of carbonyl (C=O) groups excluding carboxylic acids is 1. The minimum atomic E-state index is 0.243. The Kier molecular flexibility index (Phi) is 2.06. The van der Waals surface area contributed by atoms with Crippen LogP contribution in [0.25, 0.3) is 0 Å². The molecule has 1 heterocycles. The van der Waals surface area contributed by atoms with E-state index in [2.05, 4.69) is 26.0 Å². The number of benzene rings is 1. The number of hydrogen-bond donors (Lipinski definition) is 0. The molecule has 0 atom stereocenters. The van der Waals surface area contributed by atoms with Crippen LogP contribution in [0.4, 0.5) is 0 Å². The van der Waals surface area contributed by atoms with Crippen LogP contribution in [-0.2, 0) is 6.54 Å². The Labute approximate surface area is 96.3 Å². The lowest BCUT2D eigenvalue weighted by Gasteiger charge is -2.13. The summed E-state index contributed by atoms with van der Waals surface area (Å²) in [4.78, 5) is 14.1. The van der Waals surface area contributed by atoms with E-state index in [-0.39, 0.29) is 5.91 Å². The Balaban J connectivity index is 1.95. The molecular weight excluding hydrogens is 198 g/mol. The molecule has 1 aromatic rings. The van der Waals surface area contributed by atoms with Gasteiger partial charge in [-0.3, -0.25) is 4.79 Å². The third kappa shape index (κ3) is 1.44. The van der Waals surface area contributed by atoms with Gasteiger partial charge in [-0.05, 0) is 36.0 Å².